The van der Waals surface area contributed by atoms with E-state index in [0.29, 0.717) is 16.3 Å². The third-order valence-corrected chi connectivity index (χ3v) is 2.90. The summed E-state index contributed by atoms with van der Waals surface area (Å²) in [6.45, 7) is 0.247. The van der Waals surface area contributed by atoms with Crippen molar-refractivity contribution in [1.29, 1.82) is 5.26 Å². The lowest BCUT2D eigenvalue weighted by Gasteiger charge is -2.09. The highest BCUT2D eigenvalue weighted by Gasteiger charge is 2.09. The van der Waals surface area contributed by atoms with E-state index in [-0.39, 0.29) is 12.3 Å². The van der Waals surface area contributed by atoms with Crippen molar-refractivity contribution in [3.63, 3.8) is 0 Å². The Balaban J connectivity index is 2.20. The molecule has 5 heteroatoms. The van der Waals surface area contributed by atoms with Crippen LogP contribution in [-0.2, 0) is 6.61 Å². The second-order valence-electron chi connectivity index (χ2n) is 3.96. The zero-order valence-electron chi connectivity index (χ0n) is 10.5. The first kappa shape index (κ1) is 13.9. The smallest absolute Gasteiger partial charge is 0.187 e. The molecule has 0 spiro atoms. The molecule has 1 N–H and O–H groups in total. The number of benzene rings is 2. The second kappa shape index (κ2) is 6.60. The lowest BCUT2D eigenvalue weighted by molar-refractivity contribution is 0.305. The number of nitriles is 1. The predicted molar refractivity (Wildman–Crippen MR) is 76.2 cm³/mol. The topological polar surface area (TPSA) is 65.6 Å². The molecule has 0 aliphatic carbocycles. The quantitative estimate of drug-likeness (QED) is 0.530. The molecule has 2 aromatic rings. The van der Waals surface area contributed by atoms with Crippen molar-refractivity contribution in [2.24, 2.45) is 5.16 Å². The van der Waals surface area contributed by atoms with Gasteiger partial charge in [0.2, 0.25) is 0 Å². The molecule has 2 aromatic carbocycles. The molecule has 100 valence electrons. The van der Waals surface area contributed by atoms with Crippen LogP contribution in [0.1, 0.15) is 11.1 Å². The molecule has 0 unspecified atom stereocenters. The monoisotopic (exact) mass is 286 g/mol. The average Bonchev–Trinajstić information content (AvgIpc) is 2.48. The maximum atomic E-state index is 8.93. The van der Waals surface area contributed by atoms with Gasteiger partial charge in [0.1, 0.15) is 18.4 Å². The van der Waals surface area contributed by atoms with Gasteiger partial charge in [-0.2, -0.15) is 5.26 Å². The van der Waals surface area contributed by atoms with E-state index in [1.54, 1.807) is 36.4 Å². The number of nitrogens with zero attached hydrogens (tertiary/aromatic N) is 2. The lowest BCUT2D eigenvalue weighted by atomic mass is 10.0. The van der Waals surface area contributed by atoms with E-state index < -0.39 is 0 Å². The number of hydrogen-bond donors (Lipinski definition) is 1. The average molecular weight is 287 g/mol. The highest BCUT2D eigenvalue weighted by molar-refractivity contribution is 6.30. The summed E-state index contributed by atoms with van der Waals surface area (Å²) in [4.78, 5) is 0. The van der Waals surface area contributed by atoms with E-state index >= 15 is 0 Å². The summed E-state index contributed by atoms with van der Waals surface area (Å²) in [6, 6.07) is 16.0. The van der Waals surface area contributed by atoms with Crippen LogP contribution in [0.2, 0.25) is 5.02 Å². The Labute approximate surface area is 121 Å². The van der Waals surface area contributed by atoms with E-state index in [0.717, 1.165) is 5.56 Å². The Hall–Kier alpha value is -2.51. The van der Waals surface area contributed by atoms with Gasteiger partial charge in [-0.05, 0) is 23.8 Å². The Kier molecular flexibility index (Phi) is 4.59. The van der Waals surface area contributed by atoms with Crippen LogP contribution in [0.25, 0.3) is 0 Å². The summed E-state index contributed by atoms with van der Waals surface area (Å²) in [5.41, 5.74) is 1.25. The molecule has 0 bridgehead atoms. The first-order valence-electron chi connectivity index (χ1n) is 5.83. The SMILES string of the molecule is N#CC(=NO)c1ccccc1COc1cccc(Cl)c1. The summed E-state index contributed by atoms with van der Waals surface area (Å²) in [7, 11) is 0. The zero-order valence-corrected chi connectivity index (χ0v) is 11.2. The molecule has 0 saturated carbocycles. The molecule has 0 radical (unpaired) electrons. The standard InChI is InChI=1S/C15H11ClN2O2/c16-12-5-3-6-13(8-12)20-10-11-4-1-2-7-14(11)15(9-17)18-19/h1-8,19H,10H2. The van der Waals surface area contributed by atoms with Crippen LogP contribution in [0.5, 0.6) is 5.75 Å². The van der Waals surface area contributed by atoms with Gasteiger partial charge in [0.15, 0.2) is 5.71 Å². The molecule has 0 heterocycles. The molecular weight excluding hydrogens is 276 g/mol. The molecule has 2 rings (SSSR count). The molecule has 0 fully saturated rings. The minimum Gasteiger partial charge on any atom is -0.489 e. The third-order valence-electron chi connectivity index (χ3n) is 2.67. The lowest BCUT2D eigenvalue weighted by Crippen LogP contribution is -2.05. The van der Waals surface area contributed by atoms with Gasteiger partial charge in [0, 0.05) is 10.6 Å². The van der Waals surface area contributed by atoms with Crippen molar-refractivity contribution in [3.8, 4) is 11.8 Å². The van der Waals surface area contributed by atoms with E-state index in [2.05, 4.69) is 5.16 Å². The van der Waals surface area contributed by atoms with Crippen molar-refractivity contribution in [3.05, 3.63) is 64.7 Å². The Morgan fingerprint density at radius 1 is 1.25 bits per heavy atom. The first-order chi connectivity index (χ1) is 9.74. The maximum Gasteiger partial charge on any atom is 0.187 e. The van der Waals surface area contributed by atoms with E-state index in [4.69, 9.17) is 26.8 Å². The largest absolute Gasteiger partial charge is 0.489 e. The van der Waals surface area contributed by atoms with Crippen molar-refractivity contribution < 1.29 is 9.94 Å². The van der Waals surface area contributed by atoms with Gasteiger partial charge < -0.3 is 9.94 Å². The van der Waals surface area contributed by atoms with Gasteiger partial charge in [-0.25, -0.2) is 0 Å². The molecular formula is C15H11ClN2O2. The minimum atomic E-state index is -0.0460. The predicted octanol–water partition coefficient (Wildman–Crippen LogP) is 3.62. The van der Waals surface area contributed by atoms with Crippen molar-refractivity contribution >= 4 is 17.3 Å². The van der Waals surface area contributed by atoms with Gasteiger partial charge in [0.05, 0.1) is 0 Å². The van der Waals surface area contributed by atoms with Crippen molar-refractivity contribution in [2.75, 3.05) is 0 Å². The number of ether oxygens (including phenoxy) is 1. The van der Waals surface area contributed by atoms with Crippen LogP contribution in [0.4, 0.5) is 0 Å². The molecule has 0 saturated heterocycles. The molecule has 20 heavy (non-hydrogen) atoms. The molecule has 4 nitrogen and oxygen atoms in total. The normalized spacial score (nSPS) is 10.9. The molecule has 0 amide bonds. The molecule has 0 aliphatic heterocycles. The van der Waals surface area contributed by atoms with Crippen LogP contribution in [0.3, 0.4) is 0 Å². The summed E-state index contributed by atoms with van der Waals surface area (Å²) < 4.78 is 5.62. The van der Waals surface area contributed by atoms with Crippen LogP contribution in [0.15, 0.2) is 53.7 Å². The van der Waals surface area contributed by atoms with Crippen LogP contribution in [0, 0.1) is 11.3 Å². The van der Waals surface area contributed by atoms with Gasteiger partial charge >= 0.3 is 0 Å². The van der Waals surface area contributed by atoms with Crippen molar-refractivity contribution in [2.45, 2.75) is 6.61 Å². The summed E-state index contributed by atoms with van der Waals surface area (Å²) in [5, 5.41) is 21.3. The first-order valence-corrected chi connectivity index (χ1v) is 6.21. The highest BCUT2D eigenvalue weighted by Crippen LogP contribution is 2.19. The van der Waals surface area contributed by atoms with E-state index in [1.165, 1.54) is 0 Å². The molecule has 0 aromatic heterocycles. The zero-order chi connectivity index (χ0) is 14.4. The minimum absolute atomic E-state index is 0.0460. The highest BCUT2D eigenvalue weighted by atomic mass is 35.5. The summed E-state index contributed by atoms with van der Waals surface area (Å²) in [5.74, 6) is 0.631. The van der Waals surface area contributed by atoms with Crippen LogP contribution >= 0.6 is 11.6 Å². The van der Waals surface area contributed by atoms with Gasteiger partial charge in [-0.15, -0.1) is 0 Å². The number of rotatable bonds is 4. The van der Waals surface area contributed by atoms with Gasteiger partial charge in [-0.3, -0.25) is 0 Å². The Morgan fingerprint density at radius 2 is 2.05 bits per heavy atom. The second-order valence-corrected chi connectivity index (χ2v) is 4.40. The maximum absolute atomic E-state index is 8.93. The van der Waals surface area contributed by atoms with E-state index in [1.807, 2.05) is 18.2 Å². The third kappa shape index (κ3) is 3.28. The number of halogens is 1. The summed E-state index contributed by atoms with van der Waals surface area (Å²) >= 11 is 5.88. The molecule has 0 aliphatic rings. The summed E-state index contributed by atoms with van der Waals surface area (Å²) in [6.07, 6.45) is 0. The van der Waals surface area contributed by atoms with Crippen LogP contribution < -0.4 is 4.74 Å². The Morgan fingerprint density at radius 3 is 2.75 bits per heavy atom. The van der Waals surface area contributed by atoms with Gasteiger partial charge in [0.25, 0.3) is 0 Å². The van der Waals surface area contributed by atoms with E-state index in [9.17, 15) is 0 Å². The number of hydrogen-bond acceptors (Lipinski definition) is 4. The van der Waals surface area contributed by atoms with Crippen LogP contribution in [-0.4, -0.2) is 10.9 Å². The Bertz CT molecular complexity index is 678. The van der Waals surface area contributed by atoms with Gasteiger partial charge in [-0.1, -0.05) is 47.1 Å². The fourth-order valence-electron chi connectivity index (χ4n) is 1.73. The molecule has 0 atom stereocenters. The number of oxime groups is 1. The fourth-order valence-corrected chi connectivity index (χ4v) is 1.91. The fraction of sp³-hybridized carbons (Fsp3) is 0.0667. The van der Waals surface area contributed by atoms with Crippen molar-refractivity contribution in [1.82, 2.24) is 0 Å².